The first-order valence-electron chi connectivity index (χ1n) is 4.33. The molecule has 1 amide bonds. The number of amides is 1. The maximum absolute atomic E-state index is 11.4. The number of nitrogens with one attached hydrogen (secondary N) is 1. The summed E-state index contributed by atoms with van der Waals surface area (Å²) in [6.45, 7) is 4.10. The molecule has 1 N–H and O–H groups in total. The number of carbonyl (C=O) groups is 1. The molecule has 4 heteroatoms. The van der Waals surface area contributed by atoms with Gasteiger partial charge in [-0.25, -0.2) is 5.01 Å². The fourth-order valence-corrected chi connectivity index (χ4v) is 1.10. The Morgan fingerprint density at radius 1 is 1.75 bits per heavy atom. The van der Waals surface area contributed by atoms with Crippen molar-refractivity contribution in [3.05, 3.63) is 0 Å². The van der Waals surface area contributed by atoms with E-state index < -0.39 is 0 Å². The summed E-state index contributed by atoms with van der Waals surface area (Å²) < 4.78 is 5.11. The number of hydrogen-bond donors (Lipinski definition) is 1. The van der Waals surface area contributed by atoms with E-state index in [4.69, 9.17) is 4.74 Å². The second kappa shape index (κ2) is 4.42. The molecule has 0 spiro atoms. The molecule has 1 heterocycles. The van der Waals surface area contributed by atoms with E-state index in [-0.39, 0.29) is 11.8 Å². The molecule has 0 aromatic heterocycles. The molecule has 1 fully saturated rings. The lowest BCUT2D eigenvalue weighted by Crippen LogP contribution is -2.42. The van der Waals surface area contributed by atoms with Crippen molar-refractivity contribution in [2.45, 2.75) is 13.3 Å². The van der Waals surface area contributed by atoms with Crippen LogP contribution in [0.3, 0.4) is 0 Å². The molecule has 0 aromatic rings. The highest BCUT2D eigenvalue weighted by Crippen LogP contribution is 2.11. The summed E-state index contributed by atoms with van der Waals surface area (Å²) in [5.41, 5.74) is 2.79. The monoisotopic (exact) mass is 172 g/mol. The Bertz CT molecular complexity index is 155. The van der Waals surface area contributed by atoms with Gasteiger partial charge in [-0.1, -0.05) is 6.92 Å². The number of hydrazine groups is 1. The normalized spacial score (nSPS) is 23.1. The van der Waals surface area contributed by atoms with Crippen LogP contribution in [0.2, 0.25) is 0 Å². The van der Waals surface area contributed by atoms with Gasteiger partial charge in [0.15, 0.2) is 0 Å². The number of nitrogens with zero attached hydrogens (tertiary/aromatic N) is 1. The summed E-state index contributed by atoms with van der Waals surface area (Å²) >= 11 is 0. The van der Waals surface area contributed by atoms with E-state index >= 15 is 0 Å². The van der Waals surface area contributed by atoms with Gasteiger partial charge in [-0.15, -0.1) is 0 Å². The summed E-state index contributed by atoms with van der Waals surface area (Å²) in [4.78, 5) is 11.4. The molecule has 70 valence electrons. The van der Waals surface area contributed by atoms with Crippen LogP contribution in [0.15, 0.2) is 0 Å². The molecule has 12 heavy (non-hydrogen) atoms. The van der Waals surface area contributed by atoms with E-state index in [1.807, 2.05) is 14.0 Å². The minimum atomic E-state index is 0.0546. The number of ether oxygens (including phenoxy) is 1. The van der Waals surface area contributed by atoms with Gasteiger partial charge in [-0.2, -0.15) is 0 Å². The summed E-state index contributed by atoms with van der Waals surface area (Å²) in [7, 11) is 1.85. The van der Waals surface area contributed by atoms with Gasteiger partial charge in [0.2, 0.25) is 5.91 Å². The summed E-state index contributed by atoms with van der Waals surface area (Å²) in [5, 5.41) is 1.78. The third kappa shape index (κ3) is 2.46. The maximum Gasteiger partial charge on any atom is 0.239 e. The van der Waals surface area contributed by atoms with Crippen molar-refractivity contribution >= 4 is 5.91 Å². The predicted octanol–water partition coefficient (Wildman–Crippen LogP) is 0.00580. The zero-order chi connectivity index (χ0) is 8.97. The van der Waals surface area contributed by atoms with Gasteiger partial charge in [0.25, 0.3) is 0 Å². The van der Waals surface area contributed by atoms with Crippen LogP contribution in [-0.2, 0) is 9.53 Å². The second-order valence-corrected chi connectivity index (χ2v) is 3.05. The summed E-state index contributed by atoms with van der Waals surface area (Å²) in [6, 6.07) is 0. The first-order valence-corrected chi connectivity index (χ1v) is 4.33. The van der Waals surface area contributed by atoms with Gasteiger partial charge < -0.3 is 4.74 Å². The van der Waals surface area contributed by atoms with Gasteiger partial charge in [-0.3, -0.25) is 10.2 Å². The molecule has 1 aliphatic heterocycles. The Kier molecular flexibility index (Phi) is 3.49. The Morgan fingerprint density at radius 2 is 2.50 bits per heavy atom. The third-order valence-electron chi connectivity index (χ3n) is 2.08. The predicted molar refractivity (Wildman–Crippen MR) is 45.4 cm³/mol. The van der Waals surface area contributed by atoms with E-state index in [0.29, 0.717) is 13.2 Å². The maximum atomic E-state index is 11.4. The Morgan fingerprint density at radius 3 is 3.00 bits per heavy atom. The SMILES string of the molecule is CCN(C)NC(=O)C1CCOC1. The number of hydrogen-bond acceptors (Lipinski definition) is 3. The molecule has 1 aliphatic rings. The molecule has 4 nitrogen and oxygen atoms in total. The van der Waals surface area contributed by atoms with E-state index in [9.17, 15) is 4.79 Å². The minimum Gasteiger partial charge on any atom is -0.381 e. The summed E-state index contributed by atoms with van der Waals surface area (Å²) in [5.74, 6) is 0.135. The Hall–Kier alpha value is -0.610. The van der Waals surface area contributed by atoms with E-state index in [1.165, 1.54) is 0 Å². The van der Waals surface area contributed by atoms with Crippen LogP contribution in [0.1, 0.15) is 13.3 Å². The van der Waals surface area contributed by atoms with Gasteiger partial charge >= 0.3 is 0 Å². The van der Waals surface area contributed by atoms with Crippen molar-refractivity contribution in [1.82, 2.24) is 10.4 Å². The van der Waals surface area contributed by atoms with Crippen molar-refractivity contribution in [3.63, 3.8) is 0 Å². The largest absolute Gasteiger partial charge is 0.381 e. The molecule has 0 radical (unpaired) electrons. The second-order valence-electron chi connectivity index (χ2n) is 3.05. The lowest BCUT2D eigenvalue weighted by molar-refractivity contribution is -0.129. The summed E-state index contributed by atoms with van der Waals surface area (Å²) in [6.07, 6.45) is 0.851. The highest BCUT2D eigenvalue weighted by atomic mass is 16.5. The van der Waals surface area contributed by atoms with Gasteiger partial charge in [0.1, 0.15) is 0 Å². The third-order valence-corrected chi connectivity index (χ3v) is 2.08. The van der Waals surface area contributed by atoms with Crippen LogP contribution in [0, 0.1) is 5.92 Å². The standard InChI is InChI=1S/C8H16N2O2/c1-3-10(2)9-8(11)7-4-5-12-6-7/h7H,3-6H2,1-2H3,(H,9,11). The van der Waals surface area contributed by atoms with Crippen LogP contribution in [0.4, 0.5) is 0 Å². The van der Waals surface area contributed by atoms with Crippen LogP contribution >= 0.6 is 0 Å². The average Bonchev–Trinajstić information content (AvgIpc) is 2.56. The molecule has 0 bridgehead atoms. The van der Waals surface area contributed by atoms with Gasteiger partial charge in [0, 0.05) is 20.2 Å². The van der Waals surface area contributed by atoms with Crippen molar-refractivity contribution in [2.75, 3.05) is 26.8 Å². The van der Waals surface area contributed by atoms with Gasteiger partial charge in [0.05, 0.1) is 12.5 Å². The molecule has 1 unspecified atom stereocenters. The van der Waals surface area contributed by atoms with Crippen LogP contribution in [-0.4, -0.2) is 37.7 Å². The molecular formula is C8H16N2O2. The Balaban J connectivity index is 2.27. The molecule has 1 atom stereocenters. The number of carbonyl (C=O) groups excluding carboxylic acids is 1. The lowest BCUT2D eigenvalue weighted by atomic mass is 10.1. The van der Waals surface area contributed by atoms with E-state index in [2.05, 4.69) is 5.43 Å². The zero-order valence-corrected chi connectivity index (χ0v) is 7.67. The topological polar surface area (TPSA) is 41.6 Å². The lowest BCUT2D eigenvalue weighted by Gasteiger charge is -2.17. The average molecular weight is 172 g/mol. The van der Waals surface area contributed by atoms with Crippen LogP contribution in [0.25, 0.3) is 0 Å². The molecule has 0 saturated carbocycles. The zero-order valence-electron chi connectivity index (χ0n) is 7.67. The van der Waals surface area contributed by atoms with Crippen LogP contribution in [0.5, 0.6) is 0 Å². The smallest absolute Gasteiger partial charge is 0.239 e. The van der Waals surface area contributed by atoms with Crippen molar-refractivity contribution in [1.29, 1.82) is 0 Å². The molecule has 0 aliphatic carbocycles. The quantitative estimate of drug-likeness (QED) is 0.609. The molecule has 1 rings (SSSR count). The molecule has 0 aromatic carbocycles. The van der Waals surface area contributed by atoms with Gasteiger partial charge in [-0.05, 0) is 6.42 Å². The van der Waals surface area contributed by atoms with Crippen LogP contribution < -0.4 is 5.43 Å². The van der Waals surface area contributed by atoms with Crippen molar-refractivity contribution < 1.29 is 9.53 Å². The first kappa shape index (κ1) is 9.48. The fraction of sp³-hybridized carbons (Fsp3) is 0.875. The Labute approximate surface area is 72.8 Å². The highest BCUT2D eigenvalue weighted by molar-refractivity contribution is 5.78. The molecular weight excluding hydrogens is 156 g/mol. The molecule has 1 saturated heterocycles. The van der Waals surface area contributed by atoms with Crippen molar-refractivity contribution in [3.8, 4) is 0 Å². The number of rotatable bonds is 3. The van der Waals surface area contributed by atoms with E-state index in [0.717, 1.165) is 13.0 Å². The van der Waals surface area contributed by atoms with E-state index in [1.54, 1.807) is 5.01 Å². The fourth-order valence-electron chi connectivity index (χ4n) is 1.10. The highest BCUT2D eigenvalue weighted by Gasteiger charge is 2.23. The first-order chi connectivity index (χ1) is 5.74. The minimum absolute atomic E-state index is 0.0546. The van der Waals surface area contributed by atoms with Crippen molar-refractivity contribution in [2.24, 2.45) is 5.92 Å².